The zero-order valence-corrected chi connectivity index (χ0v) is 19.2. The second-order valence-corrected chi connectivity index (χ2v) is 8.06. The van der Waals surface area contributed by atoms with Gasteiger partial charge in [-0.25, -0.2) is 0 Å². The molecule has 1 heterocycles. The molecule has 3 N–H and O–H groups in total. The Morgan fingerprint density at radius 3 is 2.69 bits per heavy atom. The van der Waals surface area contributed by atoms with Crippen molar-refractivity contribution in [2.45, 2.75) is 6.61 Å². The van der Waals surface area contributed by atoms with Crippen LogP contribution in [0.3, 0.4) is 0 Å². The Morgan fingerprint density at radius 2 is 2.00 bits per heavy atom. The minimum Gasteiger partial charge on any atom is -0.495 e. The van der Waals surface area contributed by atoms with Crippen molar-refractivity contribution in [2.24, 2.45) is 0 Å². The summed E-state index contributed by atoms with van der Waals surface area (Å²) < 4.78 is 12.2. The number of aliphatic hydroxyl groups is 1. The summed E-state index contributed by atoms with van der Waals surface area (Å²) in [5.41, 5.74) is 1.82. The molecule has 0 aliphatic rings. The van der Waals surface area contributed by atoms with Crippen LogP contribution in [0.15, 0.2) is 61.9 Å². The SMILES string of the molecule is COc1c(Br)cc(Br)cc1C(=O)NC(=S)Nc1cccc(-c2ccc(CO)o2)c1. The average Bonchev–Trinajstić information content (AvgIpc) is 3.17. The standard InChI is InChI=1S/C20H16Br2N2O4S/c1-27-18-15(8-12(21)9-16(18)22)19(26)24-20(29)23-13-4-2-3-11(7-13)17-6-5-14(10-25)28-17/h2-9,25H,10H2,1H3,(H2,23,24,26,29). The number of methoxy groups -OCH3 is 1. The highest BCUT2D eigenvalue weighted by Crippen LogP contribution is 2.32. The van der Waals surface area contributed by atoms with E-state index >= 15 is 0 Å². The predicted octanol–water partition coefficient (Wildman–Crippen LogP) is 5.10. The number of rotatable bonds is 5. The molecule has 2 aromatic carbocycles. The summed E-state index contributed by atoms with van der Waals surface area (Å²) in [6.07, 6.45) is 0. The van der Waals surface area contributed by atoms with E-state index in [1.807, 2.05) is 24.3 Å². The third kappa shape index (κ3) is 5.24. The number of aliphatic hydroxyl groups excluding tert-OH is 1. The summed E-state index contributed by atoms with van der Waals surface area (Å²) in [5, 5.41) is 14.9. The molecule has 0 saturated carbocycles. The fraction of sp³-hybridized carbons (Fsp3) is 0.100. The number of thiocarbonyl (C=S) groups is 1. The average molecular weight is 540 g/mol. The van der Waals surface area contributed by atoms with Crippen LogP contribution in [0, 0.1) is 0 Å². The molecule has 0 radical (unpaired) electrons. The molecule has 1 amide bonds. The van der Waals surface area contributed by atoms with Crippen LogP contribution in [-0.2, 0) is 6.61 Å². The summed E-state index contributed by atoms with van der Waals surface area (Å²) in [4.78, 5) is 12.7. The predicted molar refractivity (Wildman–Crippen MR) is 122 cm³/mol. The molecule has 0 unspecified atom stereocenters. The van der Waals surface area contributed by atoms with Crippen LogP contribution in [0.5, 0.6) is 5.75 Å². The van der Waals surface area contributed by atoms with Crippen LogP contribution in [0.1, 0.15) is 16.1 Å². The quantitative estimate of drug-likeness (QED) is 0.391. The lowest BCUT2D eigenvalue weighted by Gasteiger charge is -2.13. The van der Waals surface area contributed by atoms with Gasteiger partial charge in [-0.2, -0.15) is 0 Å². The van der Waals surface area contributed by atoms with Gasteiger partial charge in [0, 0.05) is 15.7 Å². The highest BCUT2D eigenvalue weighted by molar-refractivity contribution is 9.11. The van der Waals surface area contributed by atoms with Crippen molar-refractivity contribution in [2.75, 3.05) is 12.4 Å². The lowest BCUT2D eigenvalue weighted by molar-refractivity contribution is 0.0974. The van der Waals surface area contributed by atoms with Crippen LogP contribution in [0.2, 0.25) is 0 Å². The van der Waals surface area contributed by atoms with Crippen LogP contribution in [0.25, 0.3) is 11.3 Å². The number of halogens is 2. The Balaban J connectivity index is 1.73. The lowest BCUT2D eigenvalue weighted by Crippen LogP contribution is -2.34. The van der Waals surface area contributed by atoms with Crippen molar-refractivity contribution < 1.29 is 19.1 Å². The first-order valence-corrected chi connectivity index (χ1v) is 10.4. The number of anilines is 1. The van der Waals surface area contributed by atoms with E-state index in [4.69, 9.17) is 26.5 Å². The molecule has 0 aliphatic carbocycles. The van der Waals surface area contributed by atoms with Gasteiger partial charge in [-0.05, 0) is 64.5 Å². The Kier molecular flexibility index (Phi) is 7.07. The fourth-order valence-electron chi connectivity index (χ4n) is 2.64. The van der Waals surface area contributed by atoms with Gasteiger partial charge < -0.3 is 19.6 Å². The van der Waals surface area contributed by atoms with Gasteiger partial charge in [-0.3, -0.25) is 10.1 Å². The van der Waals surface area contributed by atoms with Crippen molar-refractivity contribution >= 4 is 60.8 Å². The number of nitrogens with one attached hydrogen (secondary N) is 2. The summed E-state index contributed by atoms with van der Waals surface area (Å²) in [6, 6.07) is 14.3. The van der Waals surface area contributed by atoms with E-state index < -0.39 is 5.91 Å². The fourth-order valence-corrected chi connectivity index (χ4v) is 4.24. The first kappa shape index (κ1) is 21.5. The van der Waals surface area contributed by atoms with Crippen molar-refractivity contribution in [3.63, 3.8) is 0 Å². The normalized spacial score (nSPS) is 10.5. The summed E-state index contributed by atoms with van der Waals surface area (Å²) in [6.45, 7) is -0.163. The number of carbonyl (C=O) groups is 1. The largest absolute Gasteiger partial charge is 0.495 e. The van der Waals surface area contributed by atoms with E-state index in [-0.39, 0.29) is 11.7 Å². The number of benzene rings is 2. The number of carbonyl (C=O) groups excluding carboxylic acids is 1. The zero-order chi connectivity index (χ0) is 21.0. The topological polar surface area (TPSA) is 83.7 Å². The lowest BCUT2D eigenvalue weighted by atomic mass is 10.1. The van der Waals surface area contributed by atoms with Crippen LogP contribution >= 0.6 is 44.1 Å². The molecular weight excluding hydrogens is 524 g/mol. The molecule has 9 heteroatoms. The number of amides is 1. The number of hydrogen-bond donors (Lipinski definition) is 3. The van der Waals surface area contributed by atoms with Crippen LogP contribution in [0.4, 0.5) is 5.69 Å². The minimum atomic E-state index is -0.406. The van der Waals surface area contributed by atoms with Gasteiger partial charge >= 0.3 is 0 Å². The first-order chi connectivity index (χ1) is 13.9. The van der Waals surface area contributed by atoms with E-state index in [0.29, 0.717) is 33.0 Å². The van der Waals surface area contributed by atoms with Crippen molar-refractivity contribution in [1.82, 2.24) is 5.32 Å². The second kappa shape index (κ2) is 9.53. The van der Waals surface area contributed by atoms with Crippen molar-refractivity contribution in [3.05, 3.63) is 68.8 Å². The Labute approximate surface area is 189 Å². The second-order valence-electron chi connectivity index (χ2n) is 5.88. The van der Waals surface area contributed by atoms with Crippen molar-refractivity contribution in [3.8, 4) is 17.1 Å². The molecule has 6 nitrogen and oxygen atoms in total. The molecule has 29 heavy (non-hydrogen) atoms. The maximum absolute atomic E-state index is 12.7. The monoisotopic (exact) mass is 538 g/mol. The van der Waals surface area contributed by atoms with E-state index in [9.17, 15) is 4.79 Å². The molecule has 0 fully saturated rings. The van der Waals surface area contributed by atoms with Gasteiger partial charge in [0.05, 0.1) is 17.1 Å². The van der Waals surface area contributed by atoms with Gasteiger partial charge in [-0.15, -0.1) is 0 Å². The van der Waals surface area contributed by atoms with E-state index in [0.717, 1.165) is 10.0 Å². The summed E-state index contributed by atoms with van der Waals surface area (Å²) in [5.74, 6) is 1.11. The molecule has 150 valence electrons. The number of hydrogen-bond acceptors (Lipinski definition) is 5. The minimum absolute atomic E-state index is 0.140. The Bertz CT molecular complexity index is 1070. The highest BCUT2D eigenvalue weighted by Gasteiger charge is 2.17. The van der Waals surface area contributed by atoms with Gasteiger partial charge in [0.15, 0.2) is 5.11 Å². The summed E-state index contributed by atoms with van der Waals surface area (Å²) >= 11 is 12.0. The Hall–Kier alpha value is -2.20. The molecule has 0 saturated heterocycles. The molecule has 3 rings (SSSR count). The van der Waals surface area contributed by atoms with E-state index in [2.05, 4.69) is 42.5 Å². The molecule has 1 aromatic heterocycles. The molecule has 3 aromatic rings. The summed E-state index contributed by atoms with van der Waals surface area (Å²) in [7, 11) is 1.49. The van der Waals surface area contributed by atoms with Gasteiger partial charge in [0.1, 0.15) is 23.9 Å². The molecule has 0 bridgehead atoms. The molecule has 0 atom stereocenters. The number of furan rings is 1. The molecular formula is C20H16Br2N2O4S. The van der Waals surface area contributed by atoms with Gasteiger partial charge in [0.2, 0.25) is 0 Å². The van der Waals surface area contributed by atoms with Crippen molar-refractivity contribution in [1.29, 1.82) is 0 Å². The first-order valence-electron chi connectivity index (χ1n) is 8.36. The van der Waals surface area contributed by atoms with Gasteiger partial charge in [0.25, 0.3) is 5.91 Å². The van der Waals surface area contributed by atoms with Gasteiger partial charge in [-0.1, -0.05) is 28.1 Å². The third-order valence-corrected chi connectivity index (χ3v) is 5.16. The smallest absolute Gasteiger partial charge is 0.261 e. The third-order valence-electron chi connectivity index (χ3n) is 3.91. The highest BCUT2D eigenvalue weighted by atomic mass is 79.9. The maximum Gasteiger partial charge on any atom is 0.261 e. The Morgan fingerprint density at radius 1 is 1.21 bits per heavy atom. The van der Waals surface area contributed by atoms with Crippen LogP contribution < -0.4 is 15.4 Å². The maximum atomic E-state index is 12.7. The van der Waals surface area contributed by atoms with Crippen LogP contribution in [-0.4, -0.2) is 23.2 Å². The molecule has 0 aliphatic heterocycles. The number of ether oxygens (including phenoxy) is 1. The van der Waals surface area contributed by atoms with E-state index in [1.165, 1.54) is 7.11 Å². The molecule has 0 spiro atoms. The zero-order valence-electron chi connectivity index (χ0n) is 15.2. The van der Waals surface area contributed by atoms with E-state index in [1.54, 1.807) is 24.3 Å².